The van der Waals surface area contributed by atoms with Gasteiger partial charge in [-0.25, -0.2) is 0 Å². The average molecular weight is 410 g/mol. The highest BCUT2D eigenvalue weighted by molar-refractivity contribution is 6.06. The van der Waals surface area contributed by atoms with Crippen molar-refractivity contribution >= 4 is 34.8 Å². The Morgan fingerprint density at radius 1 is 1.27 bits per heavy atom. The predicted molar refractivity (Wildman–Crippen MR) is 111 cm³/mol. The monoisotopic (exact) mass is 410 g/mol. The van der Waals surface area contributed by atoms with Crippen molar-refractivity contribution < 1.29 is 19.3 Å². The number of carbonyl (C=O) groups excluding carboxylic acids is 3. The summed E-state index contributed by atoms with van der Waals surface area (Å²) >= 11 is 0. The van der Waals surface area contributed by atoms with Crippen LogP contribution in [0.15, 0.2) is 42.5 Å². The molecule has 0 aliphatic carbocycles. The molecule has 3 rings (SSSR count). The Hall–Kier alpha value is -3.75. The van der Waals surface area contributed by atoms with Crippen LogP contribution in [0.4, 0.5) is 17.1 Å². The molecule has 0 unspecified atom stereocenters. The molecule has 0 aromatic heterocycles. The van der Waals surface area contributed by atoms with Crippen molar-refractivity contribution in [2.24, 2.45) is 0 Å². The van der Waals surface area contributed by atoms with E-state index < -0.39 is 10.8 Å². The summed E-state index contributed by atoms with van der Waals surface area (Å²) in [5, 5.41) is 13.8. The van der Waals surface area contributed by atoms with Gasteiger partial charge in [-0.15, -0.1) is 0 Å². The number of nitro benzene ring substituents is 1. The maximum Gasteiger partial charge on any atom is 0.272 e. The van der Waals surface area contributed by atoms with Crippen LogP contribution in [-0.2, 0) is 9.59 Å². The summed E-state index contributed by atoms with van der Waals surface area (Å²) in [5.74, 6) is -0.941. The number of hydrogen-bond donors (Lipinski definition) is 1. The highest BCUT2D eigenvalue weighted by Crippen LogP contribution is 2.31. The van der Waals surface area contributed by atoms with Gasteiger partial charge in [0.25, 0.3) is 11.6 Å². The first-order valence-corrected chi connectivity index (χ1v) is 9.40. The smallest absolute Gasteiger partial charge is 0.272 e. The van der Waals surface area contributed by atoms with Gasteiger partial charge in [-0.2, -0.15) is 0 Å². The highest BCUT2D eigenvalue weighted by atomic mass is 16.6. The Morgan fingerprint density at radius 2 is 1.97 bits per heavy atom. The number of nitro groups is 1. The van der Waals surface area contributed by atoms with Crippen molar-refractivity contribution in [3.05, 3.63) is 63.7 Å². The SMILES string of the molecule is Cc1cc(C(=O)N(C)CC(=O)N2c3ccccc3NC(=O)C[C@@H]2C)ccc1[N+](=O)[O-]. The number of aryl methyl sites for hydroxylation is 1. The maximum atomic E-state index is 13.1. The number of nitrogens with one attached hydrogen (secondary N) is 1. The minimum absolute atomic E-state index is 0.0718. The molecule has 1 aliphatic rings. The van der Waals surface area contributed by atoms with E-state index in [4.69, 9.17) is 0 Å². The van der Waals surface area contributed by atoms with Crippen molar-refractivity contribution in [1.29, 1.82) is 0 Å². The zero-order valence-corrected chi connectivity index (χ0v) is 16.9. The Kier molecular flexibility index (Phi) is 5.81. The average Bonchev–Trinajstić information content (AvgIpc) is 2.80. The summed E-state index contributed by atoms with van der Waals surface area (Å²) in [6, 6.07) is 10.7. The number of hydrogen-bond acceptors (Lipinski definition) is 5. The molecule has 30 heavy (non-hydrogen) atoms. The molecule has 3 amide bonds. The number of nitrogens with zero attached hydrogens (tertiary/aromatic N) is 3. The van der Waals surface area contributed by atoms with Crippen molar-refractivity contribution in [2.75, 3.05) is 23.8 Å². The van der Waals surface area contributed by atoms with E-state index in [1.54, 1.807) is 38.1 Å². The van der Waals surface area contributed by atoms with Crippen LogP contribution in [0.1, 0.15) is 29.3 Å². The van der Waals surface area contributed by atoms with Crippen LogP contribution in [0.25, 0.3) is 0 Å². The molecule has 156 valence electrons. The molecule has 9 heteroatoms. The van der Waals surface area contributed by atoms with Gasteiger partial charge < -0.3 is 15.1 Å². The van der Waals surface area contributed by atoms with E-state index in [1.165, 1.54) is 35.0 Å². The van der Waals surface area contributed by atoms with Crippen LogP contribution >= 0.6 is 0 Å². The third-order valence-electron chi connectivity index (χ3n) is 4.99. The summed E-state index contributed by atoms with van der Waals surface area (Å²) in [5.41, 5.74) is 1.67. The van der Waals surface area contributed by atoms with E-state index in [-0.39, 0.29) is 42.1 Å². The van der Waals surface area contributed by atoms with Crippen molar-refractivity contribution in [3.63, 3.8) is 0 Å². The van der Waals surface area contributed by atoms with Crippen LogP contribution < -0.4 is 10.2 Å². The third-order valence-corrected chi connectivity index (χ3v) is 4.99. The quantitative estimate of drug-likeness (QED) is 0.615. The molecule has 1 heterocycles. The highest BCUT2D eigenvalue weighted by Gasteiger charge is 2.30. The van der Waals surface area contributed by atoms with Gasteiger partial charge >= 0.3 is 0 Å². The first kappa shape index (κ1) is 21.0. The Bertz CT molecular complexity index is 1040. The van der Waals surface area contributed by atoms with Gasteiger partial charge in [0.05, 0.1) is 16.3 Å². The van der Waals surface area contributed by atoms with E-state index >= 15 is 0 Å². The third kappa shape index (κ3) is 4.14. The summed E-state index contributed by atoms with van der Waals surface area (Å²) in [6.07, 6.45) is 0.139. The van der Waals surface area contributed by atoms with Gasteiger partial charge in [-0.1, -0.05) is 12.1 Å². The number of fused-ring (bicyclic) bond motifs is 1. The van der Waals surface area contributed by atoms with Gasteiger partial charge in [0, 0.05) is 36.7 Å². The maximum absolute atomic E-state index is 13.1. The van der Waals surface area contributed by atoms with E-state index in [2.05, 4.69) is 5.32 Å². The molecule has 1 aliphatic heterocycles. The summed E-state index contributed by atoms with van der Waals surface area (Å²) in [7, 11) is 1.49. The molecule has 9 nitrogen and oxygen atoms in total. The second-order valence-corrected chi connectivity index (χ2v) is 7.30. The summed E-state index contributed by atoms with van der Waals surface area (Å²) < 4.78 is 0. The molecule has 0 saturated carbocycles. The lowest BCUT2D eigenvalue weighted by Gasteiger charge is -2.29. The van der Waals surface area contributed by atoms with Gasteiger partial charge in [0.15, 0.2) is 0 Å². The van der Waals surface area contributed by atoms with E-state index in [9.17, 15) is 24.5 Å². The predicted octanol–water partition coefficient (Wildman–Crippen LogP) is 2.74. The van der Waals surface area contributed by atoms with Crippen molar-refractivity contribution in [3.8, 4) is 0 Å². The van der Waals surface area contributed by atoms with Gasteiger partial charge in [0.2, 0.25) is 11.8 Å². The lowest BCUT2D eigenvalue weighted by Crippen LogP contribution is -2.45. The summed E-state index contributed by atoms with van der Waals surface area (Å²) in [4.78, 5) is 51.2. The zero-order chi connectivity index (χ0) is 22.0. The van der Waals surface area contributed by atoms with Crippen LogP contribution in [0.5, 0.6) is 0 Å². The molecule has 1 atom stereocenters. The Balaban J connectivity index is 1.81. The minimum Gasteiger partial charge on any atom is -0.332 e. The van der Waals surface area contributed by atoms with E-state index in [1.807, 2.05) is 0 Å². The van der Waals surface area contributed by atoms with Crippen LogP contribution in [-0.4, -0.2) is 47.2 Å². The fraction of sp³-hybridized carbons (Fsp3) is 0.286. The number of likely N-dealkylation sites (N-methyl/N-ethyl adjacent to an activating group) is 1. The normalized spacial score (nSPS) is 15.6. The summed E-state index contributed by atoms with van der Waals surface area (Å²) in [6.45, 7) is 3.13. The number of anilines is 2. The number of para-hydroxylation sites is 2. The number of rotatable bonds is 4. The second kappa shape index (κ2) is 8.32. The molecule has 0 radical (unpaired) electrons. The molecule has 0 saturated heterocycles. The first-order valence-electron chi connectivity index (χ1n) is 9.40. The topological polar surface area (TPSA) is 113 Å². The standard InChI is InChI=1S/C21H22N4O5/c1-13-10-15(8-9-17(13)25(29)30)21(28)23(3)12-20(27)24-14(2)11-19(26)22-16-6-4-5-7-18(16)24/h4-10,14H,11-12H2,1-3H3,(H,22,26)/t14-/m0/s1. The molecule has 0 spiro atoms. The molecule has 0 bridgehead atoms. The Morgan fingerprint density at radius 3 is 2.63 bits per heavy atom. The largest absolute Gasteiger partial charge is 0.332 e. The molecule has 0 fully saturated rings. The number of amides is 3. The van der Waals surface area contributed by atoms with Crippen molar-refractivity contribution in [2.45, 2.75) is 26.3 Å². The first-order chi connectivity index (χ1) is 14.2. The Labute approximate surface area is 173 Å². The molecule has 2 aromatic rings. The zero-order valence-electron chi connectivity index (χ0n) is 16.9. The molecular formula is C21H22N4O5. The fourth-order valence-electron chi connectivity index (χ4n) is 3.53. The van der Waals surface area contributed by atoms with Gasteiger partial charge in [-0.05, 0) is 38.1 Å². The lowest BCUT2D eigenvalue weighted by molar-refractivity contribution is -0.385. The van der Waals surface area contributed by atoms with Gasteiger partial charge in [-0.3, -0.25) is 24.5 Å². The minimum atomic E-state index is -0.510. The van der Waals surface area contributed by atoms with Crippen molar-refractivity contribution in [1.82, 2.24) is 4.90 Å². The second-order valence-electron chi connectivity index (χ2n) is 7.30. The van der Waals surface area contributed by atoms with Gasteiger partial charge in [0.1, 0.15) is 6.54 Å². The molecule has 2 aromatic carbocycles. The fourth-order valence-corrected chi connectivity index (χ4v) is 3.53. The van der Waals surface area contributed by atoms with Crippen LogP contribution in [0.3, 0.4) is 0 Å². The number of carbonyl (C=O) groups is 3. The van der Waals surface area contributed by atoms with E-state index in [0.29, 0.717) is 16.9 Å². The van der Waals surface area contributed by atoms with E-state index in [0.717, 1.165) is 0 Å². The molecular weight excluding hydrogens is 388 g/mol. The lowest BCUT2D eigenvalue weighted by atomic mass is 10.1. The molecule has 1 N–H and O–H groups in total. The van der Waals surface area contributed by atoms with Crippen LogP contribution in [0.2, 0.25) is 0 Å². The number of benzene rings is 2. The van der Waals surface area contributed by atoms with Crippen LogP contribution in [0, 0.1) is 17.0 Å².